The highest BCUT2D eigenvalue weighted by molar-refractivity contribution is 5.71. The average Bonchev–Trinajstić information content (AvgIpc) is 3.74. The predicted octanol–water partition coefficient (Wildman–Crippen LogP) is 9.17. The Hall–Kier alpha value is -3.25. The summed E-state index contributed by atoms with van der Waals surface area (Å²) >= 11 is 0. The van der Waals surface area contributed by atoms with E-state index in [0.29, 0.717) is 83.8 Å². The van der Waals surface area contributed by atoms with Crippen molar-refractivity contribution in [1.29, 1.82) is 0 Å². The van der Waals surface area contributed by atoms with Crippen LogP contribution in [0, 0.1) is 5.41 Å². The van der Waals surface area contributed by atoms with Crippen molar-refractivity contribution < 1.29 is 52.4 Å². The van der Waals surface area contributed by atoms with Gasteiger partial charge in [-0.2, -0.15) is 0 Å². The first-order valence-corrected chi connectivity index (χ1v) is 22.5. The van der Waals surface area contributed by atoms with Crippen LogP contribution in [0.3, 0.4) is 0 Å². The number of unbranched alkanes of at least 4 members (excludes halogenated alkanes) is 10. The molecule has 0 atom stereocenters. The second kappa shape index (κ2) is 36.8. The van der Waals surface area contributed by atoms with Crippen LogP contribution < -0.4 is 0 Å². The highest BCUT2D eigenvalue weighted by Crippen LogP contribution is 2.23. The van der Waals surface area contributed by atoms with E-state index in [1.54, 1.807) is 0 Å². The van der Waals surface area contributed by atoms with Gasteiger partial charge in [0, 0.05) is 39.2 Å². The molecule has 0 spiro atoms. The first-order valence-electron chi connectivity index (χ1n) is 22.5. The van der Waals surface area contributed by atoms with Crippen molar-refractivity contribution in [2.45, 2.75) is 168 Å². The minimum Gasteiger partial charge on any atom is -0.465 e. The van der Waals surface area contributed by atoms with Crippen LogP contribution in [0.15, 0.2) is 24.3 Å². The third kappa shape index (κ3) is 30.8. The maximum atomic E-state index is 12.8. The lowest BCUT2D eigenvalue weighted by molar-refractivity contribution is -0.166. The van der Waals surface area contributed by atoms with E-state index >= 15 is 0 Å². The normalized spacial score (nSPS) is 13.3. The Kier molecular flexibility index (Phi) is 33.5. The predicted molar refractivity (Wildman–Crippen MR) is 226 cm³/mol. The highest BCUT2D eigenvalue weighted by Gasteiger charge is 2.36. The lowest BCUT2D eigenvalue weighted by atomic mass is 9.92. The molecule has 0 aromatic carbocycles. The van der Waals surface area contributed by atoms with Gasteiger partial charge in [-0.1, -0.05) is 76.7 Å². The van der Waals surface area contributed by atoms with Crippen molar-refractivity contribution in [2.75, 3.05) is 66.4 Å². The maximum Gasteiger partial charge on any atom is 0.305 e. The summed E-state index contributed by atoms with van der Waals surface area (Å²) < 4.78 is 33.0. The summed E-state index contributed by atoms with van der Waals surface area (Å²) in [7, 11) is 1.49. The Balaban J connectivity index is 2.50. The molecule has 0 saturated carbocycles. The summed E-state index contributed by atoms with van der Waals surface area (Å²) in [6.45, 7) is 7.61. The molecule has 0 aromatic heterocycles. The number of nitrogens with zero attached hydrogens (tertiary/aromatic N) is 1. The largest absolute Gasteiger partial charge is 0.465 e. The molecule has 334 valence electrons. The van der Waals surface area contributed by atoms with Gasteiger partial charge < -0.3 is 33.3 Å². The first-order chi connectivity index (χ1) is 28.2. The van der Waals surface area contributed by atoms with Gasteiger partial charge in [0.05, 0.1) is 25.2 Å². The van der Waals surface area contributed by atoms with Crippen LogP contribution in [0.5, 0.6) is 0 Å². The van der Waals surface area contributed by atoms with Gasteiger partial charge in [0.25, 0.3) is 0 Å². The van der Waals surface area contributed by atoms with Crippen molar-refractivity contribution in [3.05, 3.63) is 24.3 Å². The fourth-order valence-electron chi connectivity index (χ4n) is 6.48. The van der Waals surface area contributed by atoms with Crippen molar-refractivity contribution in [2.24, 2.45) is 5.41 Å². The third-order valence-corrected chi connectivity index (χ3v) is 10.0. The monoisotopic (exact) mass is 822 g/mol. The fourth-order valence-corrected chi connectivity index (χ4v) is 6.48. The Bertz CT molecular complexity index is 1080. The van der Waals surface area contributed by atoms with Gasteiger partial charge in [-0.05, 0) is 103 Å². The minimum atomic E-state index is -1.09. The van der Waals surface area contributed by atoms with E-state index in [1.807, 2.05) is 0 Å². The minimum absolute atomic E-state index is 0.0299. The number of allylic oxidation sites excluding steroid dienone is 2. The van der Waals surface area contributed by atoms with Crippen molar-refractivity contribution >= 4 is 29.8 Å². The van der Waals surface area contributed by atoms with Crippen molar-refractivity contribution in [3.63, 3.8) is 0 Å². The van der Waals surface area contributed by atoms with E-state index in [2.05, 4.69) is 43.1 Å². The second-order valence-corrected chi connectivity index (χ2v) is 15.6. The Morgan fingerprint density at radius 1 is 0.466 bits per heavy atom. The number of rotatable bonds is 38. The quantitative estimate of drug-likeness (QED) is 0.0254. The number of ether oxygens (including phenoxy) is 6. The molecule has 12 nitrogen and oxygen atoms in total. The van der Waals surface area contributed by atoms with Gasteiger partial charge in [0.2, 0.25) is 0 Å². The van der Waals surface area contributed by atoms with E-state index in [-0.39, 0.29) is 63.6 Å². The molecule has 0 aromatic rings. The number of hydrogen-bond acceptors (Lipinski definition) is 12. The van der Waals surface area contributed by atoms with E-state index in [0.717, 1.165) is 32.5 Å². The van der Waals surface area contributed by atoms with Crippen LogP contribution in [0.1, 0.15) is 168 Å². The van der Waals surface area contributed by atoms with E-state index in [9.17, 15) is 24.0 Å². The molecule has 0 aliphatic carbocycles. The van der Waals surface area contributed by atoms with Gasteiger partial charge in [-0.3, -0.25) is 24.0 Å². The fraction of sp³-hybridized carbons (Fsp3) is 0.804. The highest BCUT2D eigenvalue weighted by atomic mass is 16.6. The van der Waals surface area contributed by atoms with E-state index in [1.165, 1.54) is 58.5 Å². The van der Waals surface area contributed by atoms with Gasteiger partial charge in [-0.15, -0.1) is 0 Å². The smallest absolute Gasteiger partial charge is 0.305 e. The maximum absolute atomic E-state index is 12.8. The Morgan fingerprint density at radius 3 is 1.24 bits per heavy atom. The molecule has 1 rings (SSSR count). The summed E-state index contributed by atoms with van der Waals surface area (Å²) in [4.78, 5) is 64.8. The zero-order valence-electron chi connectivity index (χ0n) is 36.6. The summed E-state index contributed by atoms with van der Waals surface area (Å²) in [6, 6.07) is 0. The molecule has 1 heterocycles. The van der Waals surface area contributed by atoms with E-state index in [4.69, 9.17) is 28.4 Å². The third-order valence-electron chi connectivity index (χ3n) is 10.0. The molecule has 0 radical (unpaired) electrons. The van der Waals surface area contributed by atoms with Crippen molar-refractivity contribution in [1.82, 2.24) is 4.90 Å². The van der Waals surface area contributed by atoms with Crippen LogP contribution in [0.4, 0.5) is 0 Å². The SMILES string of the molecule is CCCCC/C=C\CCOC(=O)CCCCCC(=O)OCC(COC)(COC(=O)CCCCCC(=O)OCC/C=C\CCCCC)COC(=O)CCCN1CCCC1. The molecule has 0 unspecified atom stereocenters. The van der Waals surface area contributed by atoms with Gasteiger partial charge in [0.1, 0.15) is 19.8 Å². The molecular formula is C46H79NO11. The zero-order valence-corrected chi connectivity index (χ0v) is 36.6. The van der Waals surface area contributed by atoms with Crippen LogP contribution in [-0.2, 0) is 52.4 Å². The van der Waals surface area contributed by atoms with Gasteiger partial charge >= 0.3 is 29.8 Å². The number of methoxy groups -OCH3 is 1. The lowest BCUT2D eigenvalue weighted by Crippen LogP contribution is -2.43. The lowest BCUT2D eigenvalue weighted by Gasteiger charge is -2.31. The molecule has 1 fully saturated rings. The molecule has 1 aliphatic rings. The van der Waals surface area contributed by atoms with Crippen LogP contribution in [-0.4, -0.2) is 101 Å². The van der Waals surface area contributed by atoms with Gasteiger partial charge in [-0.25, -0.2) is 0 Å². The van der Waals surface area contributed by atoms with E-state index < -0.39 is 17.4 Å². The summed E-state index contributed by atoms with van der Waals surface area (Å²) in [5, 5.41) is 0. The van der Waals surface area contributed by atoms with Crippen molar-refractivity contribution in [3.8, 4) is 0 Å². The average molecular weight is 822 g/mol. The number of carbonyl (C=O) groups is 5. The summed E-state index contributed by atoms with van der Waals surface area (Å²) in [5.74, 6) is -1.71. The van der Waals surface area contributed by atoms with Gasteiger partial charge in [0.15, 0.2) is 0 Å². The van der Waals surface area contributed by atoms with Crippen LogP contribution >= 0.6 is 0 Å². The molecular weight excluding hydrogens is 743 g/mol. The molecule has 1 aliphatic heterocycles. The number of esters is 5. The molecule has 0 bridgehead atoms. The first kappa shape index (κ1) is 52.8. The molecule has 0 amide bonds. The molecule has 0 N–H and O–H groups in total. The Morgan fingerprint density at radius 2 is 0.845 bits per heavy atom. The second-order valence-electron chi connectivity index (χ2n) is 15.6. The summed E-state index contributed by atoms with van der Waals surface area (Å²) in [5.41, 5.74) is -1.09. The topological polar surface area (TPSA) is 144 Å². The Labute approximate surface area is 350 Å². The summed E-state index contributed by atoms with van der Waals surface area (Å²) in [6.07, 6.45) is 27.0. The molecule has 12 heteroatoms. The van der Waals surface area contributed by atoms with Crippen LogP contribution in [0.25, 0.3) is 0 Å². The standard InChI is InChI=1S/C46H79NO11/c1-4-6-8-10-12-14-24-35-54-41(48)27-18-16-20-29-43(50)56-38-46(37-53-3,40-58-45(52)31-26-34-47-32-22-23-33-47)39-57-44(51)30-21-17-19-28-42(49)55-36-25-15-13-11-9-7-5-2/h12-15H,4-11,16-40H2,1-3H3/b14-12-,15-13-. The van der Waals surface area contributed by atoms with Crippen LogP contribution in [0.2, 0.25) is 0 Å². The number of carbonyl (C=O) groups excluding carboxylic acids is 5. The zero-order chi connectivity index (χ0) is 42.4. The molecule has 1 saturated heterocycles. The number of likely N-dealkylation sites (tertiary alicyclic amines) is 1. The molecule has 58 heavy (non-hydrogen) atoms. The number of hydrogen-bond donors (Lipinski definition) is 0.